The van der Waals surface area contributed by atoms with Crippen molar-refractivity contribution < 1.29 is 24.5 Å². The fourth-order valence-corrected chi connectivity index (χ4v) is 10.5. The van der Waals surface area contributed by atoms with Crippen molar-refractivity contribution in [2.24, 2.45) is 0 Å². The van der Waals surface area contributed by atoms with E-state index >= 15 is 0 Å². The van der Waals surface area contributed by atoms with Crippen molar-refractivity contribution >= 4 is 11.9 Å². The number of carbonyl (C=O) groups excluding carboxylic acids is 2. The molecule has 75 heavy (non-hydrogen) atoms. The second kappa shape index (κ2) is 64.6. The average molecular weight is 1050 g/mol. The molecule has 1 amide bonds. The molecule has 0 saturated carbocycles. The summed E-state index contributed by atoms with van der Waals surface area (Å²) >= 11 is 0. The number of hydrogen-bond donors (Lipinski definition) is 3. The first-order chi connectivity index (χ1) is 37.0. The smallest absolute Gasteiger partial charge is 0.305 e. The summed E-state index contributed by atoms with van der Waals surface area (Å²) in [6, 6.07) is -0.543. The van der Waals surface area contributed by atoms with Gasteiger partial charge in [-0.15, -0.1) is 0 Å². The van der Waals surface area contributed by atoms with E-state index in [1.54, 1.807) is 0 Å². The van der Waals surface area contributed by atoms with Gasteiger partial charge in [-0.2, -0.15) is 0 Å². The molecule has 442 valence electrons. The molecule has 0 spiro atoms. The maximum Gasteiger partial charge on any atom is 0.305 e. The second-order valence-electron chi connectivity index (χ2n) is 23.1. The molecule has 2 unspecified atom stereocenters. The molecule has 0 bridgehead atoms. The first kappa shape index (κ1) is 73.1. The highest BCUT2D eigenvalue weighted by molar-refractivity contribution is 5.76. The fraction of sp³-hybridized carbons (Fsp3) is 0.884. The number of rotatable bonds is 63. The van der Waals surface area contributed by atoms with Crippen LogP contribution in [0.3, 0.4) is 0 Å². The van der Waals surface area contributed by atoms with Gasteiger partial charge in [0.2, 0.25) is 5.91 Å². The highest BCUT2D eigenvalue weighted by Gasteiger charge is 2.20. The van der Waals surface area contributed by atoms with Gasteiger partial charge < -0.3 is 20.3 Å². The Labute approximate surface area is 468 Å². The first-order valence-corrected chi connectivity index (χ1v) is 33.7. The van der Waals surface area contributed by atoms with Crippen LogP contribution in [0, 0.1) is 0 Å². The fourth-order valence-electron chi connectivity index (χ4n) is 10.5. The number of unbranched alkanes of at least 4 members (excludes halogenated alkanes) is 46. The van der Waals surface area contributed by atoms with Gasteiger partial charge in [-0.05, 0) is 83.5 Å². The van der Waals surface area contributed by atoms with Gasteiger partial charge in [0, 0.05) is 12.8 Å². The normalized spacial score (nSPS) is 12.7. The molecule has 0 radical (unpaired) electrons. The maximum absolute atomic E-state index is 12.5. The van der Waals surface area contributed by atoms with Crippen LogP contribution in [0.2, 0.25) is 0 Å². The molecule has 6 nitrogen and oxygen atoms in total. The zero-order chi connectivity index (χ0) is 54.3. The van der Waals surface area contributed by atoms with Crippen molar-refractivity contribution in [2.45, 2.75) is 379 Å². The number of esters is 1. The third-order valence-electron chi connectivity index (χ3n) is 15.7. The minimum Gasteiger partial charge on any atom is -0.466 e. The van der Waals surface area contributed by atoms with Crippen LogP contribution in [0.1, 0.15) is 367 Å². The summed E-state index contributed by atoms with van der Waals surface area (Å²) in [5, 5.41) is 23.3. The highest BCUT2D eigenvalue weighted by Crippen LogP contribution is 2.18. The van der Waals surface area contributed by atoms with E-state index < -0.39 is 12.1 Å². The van der Waals surface area contributed by atoms with Crippen molar-refractivity contribution in [1.82, 2.24) is 5.32 Å². The van der Waals surface area contributed by atoms with Gasteiger partial charge in [0.25, 0.3) is 0 Å². The van der Waals surface area contributed by atoms with Gasteiger partial charge in [0.1, 0.15) is 0 Å². The van der Waals surface area contributed by atoms with Crippen molar-refractivity contribution in [1.29, 1.82) is 0 Å². The van der Waals surface area contributed by atoms with Gasteiger partial charge in [-0.1, -0.05) is 307 Å². The number of ether oxygens (including phenoxy) is 1. The van der Waals surface area contributed by atoms with Crippen molar-refractivity contribution in [2.75, 3.05) is 13.2 Å². The molecule has 0 fully saturated rings. The molecule has 0 aromatic rings. The van der Waals surface area contributed by atoms with E-state index in [0.717, 1.165) is 51.4 Å². The lowest BCUT2D eigenvalue weighted by atomic mass is 10.0. The number of allylic oxidation sites excluding steroid dienone is 6. The van der Waals surface area contributed by atoms with Gasteiger partial charge in [-0.3, -0.25) is 9.59 Å². The Morgan fingerprint density at radius 2 is 0.667 bits per heavy atom. The molecule has 0 aliphatic heterocycles. The summed E-state index contributed by atoms with van der Waals surface area (Å²) < 4.78 is 5.50. The minimum atomic E-state index is -0.666. The Morgan fingerprint density at radius 3 is 1.03 bits per heavy atom. The van der Waals surface area contributed by atoms with Crippen LogP contribution in [-0.2, 0) is 14.3 Å². The summed E-state index contributed by atoms with van der Waals surface area (Å²) in [7, 11) is 0. The van der Waals surface area contributed by atoms with Crippen LogP contribution in [0.25, 0.3) is 0 Å². The second-order valence-corrected chi connectivity index (χ2v) is 23.1. The lowest BCUT2D eigenvalue weighted by Crippen LogP contribution is -2.45. The molecule has 0 rings (SSSR count). The topological polar surface area (TPSA) is 95.9 Å². The molecule has 3 N–H and O–H groups in total. The Balaban J connectivity index is 3.40. The standard InChI is InChI=1S/C69H131NO5/c1-3-5-7-9-11-13-15-17-18-19-32-35-39-43-47-51-55-59-63-69(74)75-64-60-56-52-48-44-40-36-33-30-28-26-24-22-20-21-23-25-27-29-31-34-38-42-46-50-54-58-62-68(73)70-66(65-71)67(72)61-57-53-49-45-41-37-16-14-12-10-8-6-4-2/h18-21,24,26,66-67,71-72H,3-17,22-23,25,27-65H2,1-2H3,(H,70,73)/b19-18-,21-20-,26-24-. The van der Waals surface area contributed by atoms with Gasteiger partial charge in [0.05, 0.1) is 25.4 Å². The van der Waals surface area contributed by atoms with Crippen LogP contribution in [0.4, 0.5) is 0 Å². The molecule has 0 saturated heterocycles. The monoisotopic (exact) mass is 1050 g/mol. The summed E-state index contributed by atoms with van der Waals surface area (Å²) in [6.07, 6.45) is 81.8. The van der Waals surface area contributed by atoms with Crippen LogP contribution in [-0.4, -0.2) is 47.4 Å². The molecular formula is C69H131NO5. The van der Waals surface area contributed by atoms with E-state index in [2.05, 4.69) is 55.6 Å². The van der Waals surface area contributed by atoms with Crippen LogP contribution in [0.15, 0.2) is 36.5 Å². The highest BCUT2D eigenvalue weighted by atomic mass is 16.5. The number of amides is 1. The van der Waals surface area contributed by atoms with Gasteiger partial charge in [0.15, 0.2) is 0 Å². The number of carbonyl (C=O) groups is 2. The molecular weight excluding hydrogens is 923 g/mol. The lowest BCUT2D eigenvalue weighted by Gasteiger charge is -2.22. The number of aliphatic hydroxyl groups excluding tert-OH is 2. The number of aliphatic hydroxyl groups is 2. The van der Waals surface area contributed by atoms with Crippen molar-refractivity contribution in [3.63, 3.8) is 0 Å². The Morgan fingerprint density at radius 1 is 0.373 bits per heavy atom. The van der Waals surface area contributed by atoms with Crippen molar-refractivity contribution in [3.05, 3.63) is 36.5 Å². The third kappa shape index (κ3) is 61.2. The molecule has 0 aliphatic rings. The quantitative estimate of drug-likeness (QED) is 0.0320. The molecule has 0 aromatic carbocycles. The predicted octanol–water partition coefficient (Wildman–Crippen LogP) is 21.5. The van der Waals surface area contributed by atoms with E-state index in [1.807, 2.05) is 0 Å². The summed E-state index contributed by atoms with van der Waals surface area (Å²) in [4.78, 5) is 24.6. The van der Waals surface area contributed by atoms with Crippen LogP contribution in [0.5, 0.6) is 0 Å². The zero-order valence-corrected chi connectivity index (χ0v) is 50.5. The first-order valence-electron chi connectivity index (χ1n) is 33.7. The van der Waals surface area contributed by atoms with Gasteiger partial charge in [-0.25, -0.2) is 0 Å². The van der Waals surface area contributed by atoms with E-state index in [1.165, 1.54) is 283 Å². The zero-order valence-electron chi connectivity index (χ0n) is 50.5. The summed E-state index contributed by atoms with van der Waals surface area (Å²) in [5.74, 6) is -0.0291. The maximum atomic E-state index is 12.5. The van der Waals surface area contributed by atoms with E-state index in [0.29, 0.717) is 25.9 Å². The minimum absolute atomic E-state index is 0.00803. The van der Waals surface area contributed by atoms with Crippen LogP contribution >= 0.6 is 0 Å². The average Bonchev–Trinajstić information content (AvgIpc) is 3.41. The predicted molar refractivity (Wildman–Crippen MR) is 329 cm³/mol. The molecule has 0 aliphatic carbocycles. The Bertz CT molecular complexity index is 1210. The molecule has 2 atom stereocenters. The van der Waals surface area contributed by atoms with E-state index in [9.17, 15) is 19.8 Å². The molecule has 6 heteroatoms. The number of nitrogens with one attached hydrogen (secondary N) is 1. The molecule has 0 aromatic heterocycles. The summed E-state index contributed by atoms with van der Waals surface area (Å²) in [6.45, 7) is 4.96. The van der Waals surface area contributed by atoms with E-state index in [4.69, 9.17) is 4.74 Å². The largest absolute Gasteiger partial charge is 0.466 e. The molecule has 0 heterocycles. The summed E-state index contributed by atoms with van der Waals surface area (Å²) in [5.41, 5.74) is 0. The van der Waals surface area contributed by atoms with Crippen LogP contribution < -0.4 is 5.32 Å². The lowest BCUT2D eigenvalue weighted by molar-refractivity contribution is -0.143. The number of hydrogen-bond acceptors (Lipinski definition) is 5. The SMILES string of the molecule is CCCCCCCCC/C=C\CCCCCCCCCC(=O)OCCCCCCCCCCC/C=C\C/C=C\CCCCCCCCCCCCCC(=O)NC(CO)C(O)CCCCCCCCCCCCCCC. The Kier molecular flexibility index (Phi) is 63.0. The van der Waals surface area contributed by atoms with Crippen molar-refractivity contribution in [3.8, 4) is 0 Å². The Hall–Kier alpha value is -1.92. The van der Waals surface area contributed by atoms with Gasteiger partial charge >= 0.3 is 5.97 Å². The van der Waals surface area contributed by atoms with E-state index in [-0.39, 0.29) is 18.5 Å². The third-order valence-corrected chi connectivity index (χ3v) is 15.7.